The van der Waals surface area contributed by atoms with Gasteiger partial charge in [0.2, 0.25) is 0 Å². The van der Waals surface area contributed by atoms with E-state index in [1.165, 1.54) is 12.1 Å². The lowest BCUT2D eigenvalue weighted by Crippen LogP contribution is -2.22. The van der Waals surface area contributed by atoms with Gasteiger partial charge in [-0.25, -0.2) is 0 Å². The molecule has 0 saturated carbocycles. The maximum absolute atomic E-state index is 12.7. The van der Waals surface area contributed by atoms with Crippen molar-refractivity contribution < 1.29 is 23.1 Å². The fourth-order valence-electron chi connectivity index (χ4n) is 3.31. The van der Waals surface area contributed by atoms with E-state index in [1.807, 2.05) is 12.1 Å². The van der Waals surface area contributed by atoms with Gasteiger partial charge in [-0.05, 0) is 54.2 Å². The van der Waals surface area contributed by atoms with Crippen LogP contribution in [0, 0.1) is 6.92 Å². The topological polar surface area (TPSA) is 49.3 Å². The van der Waals surface area contributed by atoms with Crippen LogP contribution in [0.4, 0.5) is 18.9 Å². The number of halogens is 3. The highest BCUT2D eigenvalue weighted by molar-refractivity contribution is 6.05. The van der Waals surface area contributed by atoms with Crippen LogP contribution in [-0.2, 0) is 12.8 Å². The van der Waals surface area contributed by atoms with Gasteiger partial charge in [-0.15, -0.1) is 0 Å². The summed E-state index contributed by atoms with van der Waals surface area (Å²) in [6, 6.07) is 10.2. The minimum absolute atomic E-state index is 0.170. The van der Waals surface area contributed by atoms with Crippen molar-refractivity contribution in [2.75, 3.05) is 5.32 Å². The predicted octanol–water partition coefficient (Wildman–Crippen LogP) is 4.67. The second kappa shape index (κ2) is 7.56. The molecule has 0 saturated heterocycles. The predicted molar refractivity (Wildman–Crippen MR) is 98.7 cm³/mol. The molecule has 2 aromatic carbocycles. The summed E-state index contributed by atoms with van der Waals surface area (Å²) in [5.41, 5.74) is 4.07. The number of amides is 1. The van der Waals surface area contributed by atoms with E-state index in [9.17, 15) is 23.1 Å². The number of hydrogen-bond acceptors (Lipinski definition) is 2. The fourth-order valence-corrected chi connectivity index (χ4v) is 3.31. The van der Waals surface area contributed by atoms with Gasteiger partial charge >= 0.3 is 6.18 Å². The third-order valence-electron chi connectivity index (χ3n) is 4.67. The Morgan fingerprint density at radius 1 is 1.26 bits per heavy atom. The van der Waals surface area contributed by atoms with Gasteiger partial charge < -0.3 is 10.4 Å². The summed E-state index contributed by atoms with van der Waals surface area (Å²) in [7, 11) is 0. The Kier molecular flexibility index (Phi) is 5.37. The van der Waals surface area contributed by atoms with E-state index in [2.05, 4.69) is 5.32 Å². The van der Waals surface area contributed by atoms with Gasteiger partial charge in [-0.2, -0.15) is 13.2 Å². The molecule has 0 heterocycles. The SMILES string of the molecule is Cc1cc(/C=C/C(F)(F)F)ccc1C(=O)Nc1cccc2c1C[C@H](O)CC2. The van der Waals surface area contributed by atoms with Crippen molar-refractivity contribution in [3.05, 3.63) is 70.3 Å². The highest BCUT2D eigenvalue weighted by Crippen LogP contribution is 2.29. The molecule has 1 aliphatic carbocycles. The van der Waals surface area contributed by atoms with E-state index < -0.39 is 12.3 Å². The number of aliphatic hydroxyl groups excluding tert-OH is 1. The highest BCUT2D eigenvalue weighted by atomic mass is 19.4. The van der Waals surface area contributed by atoms with Crippen LogP contribution in [0.3, 0.4) is 0 Å². The number of hydrogen-bond donors (Lipinski definition) is 2. The molecule has 0 aromatic heterocycles. The third kappa shape index (κ3) is 4.77. The van der Waals surface area contributed by atoms with Gasteiger partial charge in [0.25, 0.3) is 5.91 Å². The van der Waals surface area contributed by atoms with Crippen molar-refractivity contribution in [1.29, 1.82) is 0 Å². The minimum Gasteiger partial charge on any atom is -0.393 e. The Morgan fingerprint density at radius 3 is 2.74 bits per heavy atom. The number of anilines is 1. The van der Waals surface area contributed by atoms with E-state index >= 15 is 0 Å². The average Bonchev–Trinajstić information content (AvgIpc) is 2.60. The lowest BCUT2D eigenvalue weighted by molar-refractivity contribution is -0.0790. The molecule has 0 unspecified atom stereocenters. The van der Waals surface area contributed by atoms with Crippen LogP contribution < -0.4 is 5.32 Å². The minimum atomic E-state index is -4.37. The number of aryl methyl sites for hydroxylation is 2. The molecule has 0 fully saturated rings. The van der Waals surface area contributed by atoms with Gasteiger partial charge in [0.1, 0.15) is 0 Å². The molecule has 1 atom stereocenters. The lowest BCUT2D eigenvalue weighted by Gasteiger charge is -2.23. The first-order valence-corrected chi connectivity index (χ1v) is 8.70. The second-order valence-corrected chi connectivity index (χ2v) is 6.74. The van der Waals surface area contributed by atoms with Crippen molar-refractivity contribution in [2.24, 2.45) is 0 Å². The van der Waals surface area contributed by atoms with Gasteiger partial charge in [-0.3, -0.25) is 4.79 Å². The first kappa shape index (κ1) is 19.2. The standard InChI is InChI=1S/C21H20F3NO2/c1-13-11-14(9-10-21(22,23)24)5-8-17(13)20(27)25-19-4-2-3-15-6-7-16(26)12-18(15)19/h2-5,8-11,16,26H,6-7,12H2,1H3,(H,25,27)/b10-9+/t16-/m1/s1. The molecule has 0 radical (unpaired) electrons. The zero-order valence-corrected chi connectivity index (χ0v) is 14.8. The summed E-state index contributed by atoms with van der Waals surface area (Å²) in [4.78, 5) is 12.7. The molecule has 0 aliphatic heterocycles. The number of aliphatic hydroxyl groups is 1. The Labute approximate surface area is 155 Å². The summed E-state index contributed by atoms with van der Waals surface area (Å²) >= 11 is 0. The molecule has 27 heavy (non-hydrogen) atoms. The van der Waals surface area contributed by atoms with Gasteiger partial charge in [-0.1, -0.05) is 30.3 Å². The number of nitrogens with one attached hydrogen (secondary N) is 1. The summed E-state index contributed by atoms with van der Waals surface area (Å²) in [5, 5.41) is 12.8. The molecule has 3 nitrogen and oxygen atoms in total. The summed E-state index contributed by atoms with van der Waals surface area (Å²) in [6.07, 6.45) is -1.69. The molecule has 2 N–H and O–H groups in total. The Morgan fingerprint density at radius 2 is 2.04 bits per heavy atom. The van der Waals surface area contributed by atoms with Crippen molar-refractivity contribution in [2.45, 2.75) is 38.5 Å². The van der Waals surface area contributed by atoms with Crippen LogP contribution in [0.2, 0.25) is 0 Å². The Hall–Kier alpha value is -2.60. The van der Waals surface area contributed by atoms with E-state index in [0.717, 1.165) is 23.6 Å². The van der Waals surface area contributed by atoms with Crippen molar-refractivity contribution in [3.63, 3.8) is 0 Å². The van der Waals surface area contributed by atoms with Gasteiger partial charge in [0.05, 0.1) is 6.10 Å². The molecule has 142 valence electrons. The van der Waals surface area contributed by atoms with Crippen molar-refractivity contribution >= 4 is 17.7 Å². The molecule has 0 spiro atoms. The summed E-state index contributed by atoms with van der Waals surface area (Å²) in [6.45, 7) is 1.68. The van der Waals surface area contributed by atoms with Gasteiger partial charge in [0.15, 0.2) is 0 Å². The van der Waals surface area contributed by atoms with Crippen LogP contribution in [-0.4, -0.2) is 23.3 Å². The zero-order valence-electron chi connectivity index (χ0n) is 14.8. The number of carbonyl (C=O) groups is 1. The number of fused-ring (bicyclic) bond motifs is 1. The van der Waals surface area contributed by atoms with E-state index in [-0.39, 0.29) is 12.0 Å². The van der Waals surface area contributed by atoms with Crippen LogP contribution >= 0.6 is 0 Å². The molecule has 1 aliphatic rings. The van der Waals surface area contributed by atoms with Crippen molar-refractivity contribution in [3.8, 4) is 0 Å². The zero-order chi connectivity index (χ0) is 19.6. The summed E-state index contributed by atoms with van der Waals surface area (Å²) < 4.78 is 36.9. The second-order valence-electron chi connectivity index (χ2n) is 6.74. The lowest BCUT2D eigenvalue weighted by atomic mass is 9.88. The highest BCUT2D eigenvalue weighted by Gasteiger charge is 2.22. The van der Waals surface area contributed by atoms with Crippen LogP contribution in [0.15, 0.2) is 42.5 Å². The summed E-state index contributed by atoms with van der Waals surface area (Å²) in [5.74, 6) is -0.327. The molecular formula is C21H20F3NO2. The number of carbonyl (C=O) groups excluding carboxylic acids is 1. The number of alkyl halides is 3. The largest absolute Gasteiger partial charge is 0.409 e. The quantitative estimate of drug-likeness (QED) is 0.819. The number of allylic oxidation sites excluding steroid dienone is 1. The molecule has 2 aromatic rings. The fraction of sp³-hybridized carbons (Fsp3) is 0.286. The molecule has 3 rings (SSSR count). The average molecular weight is 375 g/mol. The monoisotopic (exact) mass is 375 g/mol. The Balaban J connectivity index is 1.80. The normalized spacial score (nSPS) is 17.0. The van der Waals surface area contributed by atoms with Crippen LogP contribution in [0.25, 0.3) is 6.08 Å². The van der Waals surface area contributed by atoms with Crippen LogP contribution in [0.1, 0.15) is 39.0 Å². The molecule has 1 amide bonds. The molecule has 0 bridgehead atoms. The Bertz CT molecular complexity index is 887. The first-order valence-electron chi connectivity index (χ1n) is 8.70. The molecular weight excluding hydrogens is 355 g/mol. The third-order valence-corrected chi connectivity index (χ3v) is 4.67. The van der Waals surface area contributed by atoms with Crippen molar-refractivity contribution in [1.82, 2.24) is 0 Å². The van der Waals surface area contributed by atoms with Gasteiger partial charge in [0, 0.05) is 23.7 Å². The molecule has 6 heteroatoms. The maximum Gasteiger partial charge on any atom is 0.409 e. The van der Waals surface area contributed by atoms with E-state index in [1.54, 1.807) is 19.1 Å². The first-order chi connectivity index (χ1) is 12.7. The van der Waals surface area contributed by atoms with E-state index in [0.29, 0.717) is 35.2 Å². The maximum atomic E-state index is 12.7. The number of rotatable bonds is 3. The van der Waals surface area contributed by atoms with Crippen LogP contribution in [0.5, 0.6) is 0 Å². The number of benzene rings is 2. The van der Waals surface area contributed by atoms with E-state index in [4.69, 9.17) is 0 Å². The smallest absolute Gasteiger partial charge is 0.393 e.